The van der Waals surface area contributed by atoms with Crippen LogP contribution in [0.1, 0.15) is 18.7 Å². The monoisotopic (exact) mass is 513 g/mol. The number of guanidine groups is 1. The quantitative estimate of drug-likeness (QED) is 0.378. The fraction of sp³-hybridized carbons (Fsp3) is 0.158. The number of oxazole rings is 1. The molecular formula is C19H16BrN9O2S. The molecule has 5 rings (SSSR count). The number of carbonyl (C=O) groups excluding carboxylic acids is 1. The summed E-state index contributed by atoms with van der Waals surface area (Å²) in [5.74, 6) is 0.0501. The van der Waals surface area contributed by atoms with Crippen molar-refractivity contribution in [3.63, 3.8) is 0 Å². The van der Waals surface area contributed by atoms with Gasteiger partial charge in [-0.2, -0.15) is 10.1 Å². The normalized spacial score (nSPS) is 16.1. The molecule has 0 radical (unpaired) electrons. The van der Waals surface area contributed by atoms with E-state index in [1.807, 2.05) is 24.3 Å². The van der Waals surface area contributed by atoms with Crippen molar-refractivity contribution in [2.45, 2.75) is 13.0 Å². The molecule has 3 N–H and O–H groups in total. The van der Waals surface area contributed by atoms with Gasteiger partial charge in [-0.1, -0.05) is 23.5 Å². The van der Waals surface area contributed by atoms with Crippen LogP contribution in [0.2, 0.25) is 0 Å². The fourth-order valence-corrected chi connectivity index (χ4v) is 4.38. The number of nitrogens with zero attached hydrogens (tertiary/aromatic N) is 6. The highest BCUT2D eigenvalue weighted by molar-refractivity contribution is 9.10. The molecule has 32 heavy (non-hydrogen) atoms. The summed E-state index contributed by atoms with van der Waals surface area (Å²) in [6.07, 6.45) is 1.66. The van der Waals surface area contributed by atoms with Crippen molar-refractivity contribution in [2.24, 2.45) is 12.0 Å². The molecule has 4 heterocycles. The van der Waals surface area contributed by atoms with Gasteiger partial charge in [0, 0.05) is 12.7 Å². The van der Waals surface area contributed by atoms with E-state index in [9.17, 15) is 4.79 Å². The van der Waals surface area contributed by atoms with Gasteiger partial charge >= 0.3 is 6.01 Å². The molecule has 1 aliphatic rings. The Morgan fingerprint density at radius 3 is 2.91 bits per heavy atom. The van der Waals surface area contributed by atoms with E-state index < -0.39 is 6.04 Å². The molecule has 1 unspecified atom stereocenters. The molecule has 1 aromatic carbocycles. The van der Waals surface area contributed by atoms with Crippen molar-refractivity contribution in [2.75, 3.05) is 10.6 Å². The summed E-state index contributed by atoms with van der Waals surface area (Å²) < 4.78 is 8.15. The Morgan fingerprint density at radius 1 is 1.34 bits per heavy atom. The zero-order valence-corrected chi connectivity index (χ0v) is 19.2. The summed E-state index contributed by atoms with van der Waals surface area (Å²) in [5.41, 5.74) is 4.67. The van der Waals surface area contributed by atoms with Crippen molar-refractivity contribution in [3.05, 3.63) is 57.4 Å². The number of hydrogen-bond acceptors (Lipinski definition) is 10. The molecule has 0 aliphatic carbocycles. The minimum absolute atomic E-state index is 0.287. The third kappa shape index (κ3) is 3.76. The van der Waals surface area contributed by atoms with Crippen molar-refractivity contribution in [3.8, 4) is 0 Å². The summed E-state index contributed by atoms with van der Waals surface area (Å²) in [6.45, 7) is 1.80. The Morgan fingerprint density at radius 2 is 2.19 bits per heavy atom. The van der Waals surface area contributed by atoms with Gasteiger partial charge in [-0.3, -0.25) is 20.1 Å². The summed E-state index contributed by atoms with van der Waals surface area (Å²) in [4.78, 5) is 22.3. The lowest BCUT2D eigenvalue weighted by molar-refractivity contribution is -0.113. The maximum atomic E-state index is 13.2. The lowest BCUT2D eigenvalue weighted by atomic mass is 10.00. The molecule has 3 aromatic heterocycles. The van der Waals surface area contributed by atoms with Crippen LogP contribution < -0.4 is 16.0 Å². The molecular weight excluding hydrogens is 498 g/mol. The van der Waals surface area contributed by atoms with Gasteiger partial charge in [-0.25, -0.2) is 4.99 Å². The first-order chi connectivity index (χ1) is 15.5. The van der Waals surface area contributed by atoms with Crippen molar-refractivity contribution >= 4 is 61.4 Å². The number of hydrogen-bond donors (Lipinski definition) is 3. The Balaban J connectivity index is 1.51. The Bertz CT molecular complexity index is 1320. The first kappa shape index (κ1) is 20.3. The standard InChI is InChI=1S/C19H16BrN9O2S/c1-9-13(16(30)26-19-28-21-8-32-19)14(15-10(20)7-22-29(15)2)25-17(23-9)27-18-24-11-5-3-4-6-12(11)31-18/h3-8,14H,1-2H3,(H,26,28,30)(H2,23,24,25,27). The van der Waals surface area contributed by atoms with Crippen LogP contribution in [0.25, 0.3) is 11.1 Å². The van der Waals surface area contributed by atoms with Crippen LogP contribution in [-0.2, 0) is 11.8 Å². The zero-order chi connectivity index (χ0) is 22.2. The van der Waals surface area contributed by atoms with E-state index in [0.717, 1.165) is 9.99 Å². The van der Waals surface area contributed by atoms with Crippen LogP contribution >= 0.6 is 27.3 Å². The van der Waals surface area contributed by atoms with Gasteiger partial charge in [0.1, 0.15) is 17.1 Å². The molecule has 1 atom stereocenters. The second kappa shape index (κ2) is 8.16. The Kier molecular flexibility index (Phi) is 5.19. The van der Waals surface area contributed by atoms with Gasteiger partial charge in [-0.15, -0.1) is 10.2 Å². The van der Waals surface area contributed by atoms with Crippen LogP contribution in [0.15, 0.2) is 61.1 Å². The number of benzene rings is 1. The number of aromatic nitrogens is 5. The van der Waals surface area contributed by atoms with E-state index in [2.05, 4.69) is 52.2 Å². The summed E-state index contributed by atoms with van der Waals surface area (Å²) in [6, 6.07) is 7.08. The molecule has 13 heteroatoms. The summed E-state index contributed by atoms with van der Waals surface area (Å²) >= 11 is 4.75. The maximum Gasteiger partial charge on any atom is 0.302 e. The zero-order valence-electron chi connectivity index (χ0n) is 16.8. The Hall–Kier alpha value is -3.58. The number of para-hydroxylation sites is 2. The third-order valence-corrected chi connectivity index (χ3v) is 6.00. The maximum absolute atomic E-state index is 13.2. The average molecular weight is 514 g/mol. The SMILES string of the molecule is CC1=C(C(=O)Nc2nncs2)C(c2c(Br)cnn2C)N=C(Nc2nc3ccccc3o2)N1. The summed E-state index contributed by atoms with van der Waals surface area (Å²) in [7, 11) is 1.79. The molecule has 162 valence electrons. The molecule has 0 saturated carbocycles. The molecule has 0 saturated heterocycles. The van der Waals surface area contributed by atoms with Crippen LogP contribution in [0.4, 0.5) is 11.1 Å². The lowest BCUT2D eigenvalue weighted by Gasteiger charge is -2.26. The van der Waals surface area contributed by atoms with Crippen LogP contribution in [0.3, 0.4) is 0 Å². The van der Waals surface area contributed by atoms with Gasteiger partial charge in [-0.05, 0) is 35.0 Å². The number of amides is 1. The van der Waals surface area contributed by atoms with E-state index >= 15 is 0 Å². The molecule has 1 amide bonds. The molecule has 1 aliphatic heterocycles. The first-order valence-corrected chi connectivity index (χ1v) is 11.1. The van der Waals surface area contributed by atoms with E-state index in [1.165, 1.54) is 11.3 Å². The largest absolute Gasteiger partial charge is 0.423 e. The smallest absolute Gasteiger partial charge is 0.302 e. The highest BCUT2D eigenvalue weighted by atomic mass is 79.9. The number of allylic oxidation sites excluding steroid dienone is 1. The lowest BCUT2D eigenvalue weighted by Crippen LogP contribution is -2.38. The number of nitrogens with one attached hydrogen (secondary N) is 3. The number of anilines is 2. The number of aryl methyl sites for hydroxylation is 1. The third-order valence-electron chi connectivity index (χ3n) is 4.78. The fourth-order valence-electron chi connectivity index (χ4n) is 3.38. The van der Waals surface area contributed by atoms with Gasteiger partial charge in [0.05, 0.1) is 21.9 Å². The number of aliphatic imine (C=N–C) groups is 1. The number of fused-ring (bicyclic) bond motifs is 1. The molecule has 0 spiro atoms. The highest BCUT2D eigenvalue weighted by Gasteiger charge is 2.33. The molecule has 11 nitrogen and oxygen atoms in total. The van der Waals surface area contributed by atoms with Crippen LogP contribution in [-0.4, -0.2) is 36.8 Å². The van der Waals surface area contributed by atoms with Crippen molar-refractivity contribution in [1.82, 2.24) is 30.3 Å². The predicted octanol–water partition coefficient (Wildman–Crippen LogP) is 3.20. The van der Waals surface area contributed by atoms with E-state index in [1.54, 1.807) is 30.4 Å². The second-order valence-corrected chi connectivity index (χ2v) is 8.54. The van der Waals surface area contributed by atoms with Crippen LogP contribution in [0.5, 0.6) is 0 Å². The minimum atomic E-state index is -0.655. The molecule has 4 aromatic rings. The average Bonchev–Trinajstić information content (AvgIpc) is 3.47. The van der Waals surface area contributed by atoms with Crippen molar-refractivity contribution in [1.29, 1.82) is 0 Å². The van der Waals surface area contributed by atoms with Crippen LogP contribution in [0, 0.1) is 0 Å². The van der Waals surface area contributed by atoms with Gasteiger partial charge in [0.25, 0.3) is 5.91 Å². The van der Waals surface area contributed by atoms with Gasteiger partial charge in [0.2, 0.25) is 11.1 Å². The van der Waals surface area contributed by atoms with E-state index in [-0.39, 0.29) is 11.9 Å². The Labute approximate surface area is 193 Å². The minimum Gasteiger partial charge on any atom is -0.423 e. The highest BCUT2D eigenvalue weighted by Crippen LogP contribution is 2.35. The number of carbonyl (C=O) groups is 1. The van der Waals surface area contributed by atoms with Gasteiger partial charge in [0.15, 0.2) is 5.58 Å². The molecule has 0 fully saturated rings. The summed E-state index contributed by atoms with van der Waals surface area (Å²) in [5, 5.41) is 21.3. The van der Waals surface area contributed by atoms with Gasteiger partial charge < -0.3 is 9.73 Å². The number of halogens is 1. The van der Waals surface area contributed by atoms with E-state index in [0.29, 0.717) is 33.6 Å². The first-order valence-electron chi connectivity index (χ1n) is 9.42. The number of rotatable bonds is 4. The van der Waals surface area contributed by atoms with Crippen molar-refractivity contribution < 1.29 is 9.21 Å². The topological polar surface area (TPSA) is 135 Å². The molecule has 0 bridgehead atoms. The second-order valence-electron chi connectivity index (χ2n) is 6.86. The van der Waals surface area contributed by atoms with E-state index in [4.69, 9.17) is 9.41 Å². The predicted molar refractivity (Wildman–Crippen MR) is 123 cm³/mol.